The van der Waals surface area contributed by atoms with Crippen molar-refractivity contribution in [1.29, 1.82) is 0 Å². The molecule has 3 rings (SSSR count). The number of thioether (sulfide) groups is 1. The first kappa shape index (κ1) is 20.1. The van der Waals surface area contributed by atoms with E-state index >= 15 is 0 Å². The number of hydrogen-bond acceptors (Lipinski definition) is 3. The number of fused-ring (bicyclic) bond motifs is 3. The van der Waals surface area contributed by atoms with E-state index in [0.717, 1.165) is 25.3 Å². The lowest BCUT2D eigenvalue weighted by Gasteiger charge is -2.24. The Balaban J connectivity index is 0.00000225. The first-order chi connectivity index (χ1) is 11.7. The maximum absolute atomic E-state index is 12.7. The predicted molar refractivity (Wildman–Crippen MR) is 109 cm³/mol. The Morgan fingerprint density at radius 2 is 2.04 bits per heavy atom. The van der Waals surface area contributed by atoms with Crippen LogP contribution < -0.4 is 5.73 Å². The highest BCUT2D eigenvalue weighted by molar-refractivity contribution is 7.99. The molecular formula is C19H28ClN3OS. The number of benzene rings is 1. The Kier molecular flexibility index (Phi) is 7.23. The molecule has 2 N–H and O–H groups in total. The van der Waals surface area contributed by atoms with Gasteiger partial charge in [0.25, 0.3) is 0 Å². The van der Waals surface area contributed by atoms with E-state index in [0.29, 0.717) is 19.0 Å². The number of likely N-dealkylation sites (N-methyl/N-ethyl adjacent to an activating group) is 1. The van der Waals surface area contributed by atoms with Crippen molar-refractivity contribution >= 4 is 41.0 Å². The van der Waals surface area contributed by atoms with Crippen molar-refractivity contribution in [1.82, 2.24) is 9.47 Å². The first-order valence-corrected chi connectivity index (χ1v) is 9.91. The van der Waals surface area contributed by atoms with Gasteiger partial charge in [-0.15, -0.1) is 24.2 Å². The number of nitrogens with zero attached hydrogens (tertiary/aromatic N) is 2. The molecule has 0 saturated carbocycles. The van der Waals surface area contributed by atoms with Crippen molar-refractivity contribution < 1.29 is 4.79 Å². The highest BCUT2D eigenvalue weighted by atomic mass is 35.5. The Morgan fingerprint density at radius 1 is 1.32 bits per heavy atom. The summed E-state index contributed by atoms with van der Waals surface area (Å²) in [5.41, 5.74) is 8.45. The van der Waals surface area contributed by atoms with Crippen molar-refractivity contribution in [3.63, 3.8) is 0 Å². The van der Waals surface area contributed by atoms with Crippen molar-refractivity contribution in [3.05, 3.63) is 29.8 Å². The summed E-state index contributed by atoms with van der Waals surface area (Å²) in [6.45, 7) is 6.75. The average molecular weight is 382 g/mol. The molecule has 1 aliphatic heterocycles. The third kappa shape index (κ3) is 3.83. The monoisotopic (exact) mass is 381 g/mol. The van der Waals surface area contributed by atoms with Gasteiger partial charge in [0.05, 0.1) is 5.03 Å². The fourth-order valence-electron chi connectivity index (χ4n) is 3.76. The summed E-state index contributed by atoms with van der Waals surface area (Å²) < 4.78 is 2.23. The van der Waals surface area contributed by atoms with Crippen LogP contribution >= 0.6 is 24.2 Å². The molecule has 6 heteroatoms. The molecule has 4 nitrogen and oxygen atoms in total. The van der Waals surface area contributed by atoms with Gasteiger partial charge in [0.15, 0.2) is 0 Å². The van der Waals surface area contributed by atoms with E-state index in [1.807, 2.05) is 30.5 Å². The number of hydrogen-bond donors (Lipinski definition) is 1. The minimum absolute atomic E-state index is 0. The quantitative estimate of drug-likeness (QED) is 0.826. The van der Waals surface area contributed by atoms with E-state index in [2.05, 4.69) is 28.8 Å². The number of amides is 1. The van der Waals surface area contributed by atoms with Crippen molar-refractivity contribution in [2.24, 2.45) is 5.73 Å². The van der Waals surface area contributed by atoms with Crippen LogP contribution in [0, 0.1) is 0 Å². The van der Waals surface area contributed by atoms with Gasteiger partial charge in [-0.25, -0.2) is 0 Å². The highest BCUT2D eigenvalue weighted by Crippen LogP contribution is 2.45. The molecule has 0 radical (unpaired) electrons. The van der Waals surface area contributed by atoms with Crippen molar-refractivity contribution in [2.45, 2.75) is 44.2 Å². The summed E-state index contributed by atoms with van der Waals surface area (Å²) in [5, 5.41) is 2.58. The molecule has 0 bridgehead atoms. The normalized spacial score (nSPS) is 16.4. The van der Waals surface area contributed by atoms with Gasteiger partial charge >= 0.3 is 0 Å². The van der Waals surface area contributed by atoms with Gasteiger partial charge in [-0.3, -0.25) is 4.79 Å². The molecule has 0 fully saturated rings. The molecule has 1 aromatic carbocycles. The van der Waals surface area contributed by atoms with E-state index < -0.39 is 0 Å². The number of carbonyl (C=O) groups is 1. The summed E-state index contributed by atoms with van der Waals surface area (Å²) >= 11 is 1.89. The fraction of sp³-hybridized carbons (Fsp3) is 0.526. The molecule has 0 spiro atoms. The van der Waals surface area contributed by atoms with Gasteiger partial charge in [-0.05, 0) is 50.8 Å². The number of aromatic nitrogens is 1. The summed E-state index contributed by atoms with van der Waals surface area (Å²) in [7, 11) is 0. The molecule has 1 aliphatic rings. The first-order valence-electron chi connectivity index (χ1n) is 8.92. The van der Waals surface area contributed by atoms with Gasteiger partial charge in [0, 0.05) is 29.7 Å². The van der Waals surface area contributed by atoms with Gasteiger partial charge < -0.3 is 15.2 Å². The molecule has 1 atom stereocenters. The zero-order valence-electron chi connectivity index (χ0n) is 15.0. The Morgan fingerprint density at radius 3 is 2.72 bits per heavy atom. The molecule has 2 aromatic rings. The molecule has 138 valence electrons. The lowest BCUT2D eigenvalue weighted by molar-refractivity contribution is -0.131. The SMILES string of the molecule is CCN(CC)C(=O)Cn1c2c(c3ccccc31)C(CCN)CCS2.Cl. The fourth-order valence-corrected chi connectivity index (χ4v) is 5.10. The number of halogens is 1. The number of rotatable bonds is 6. The van der Waals surface area contributed by atoms with E-state index in [9.17, 15) is 4.79 Å². The largest absolute Gasteiger partial charge is 0.342 e. The van der Waals surface area contributed by atoms with Gasteiger partial charge in [-0.1, -0.05) is 18.2 Å². The summed E-state index contributed by atoms with van der Waals surface area (Å²) in [4.78, 5) is 14.6. The third-order valence-electron chi connectivity index (χ3n) is 5.00. The van der Waals surface area contributed by atoms with E-state index in [-0.39, 0.29) is 18.3 Å². The molecule has 1 aromatic heterocycles. The second-order valence-corrected chi connectivity index (χ2v) is 7.38. The van der Waals surface area contributed by atoms with Crippen LogP contribution in [0.25, 0.3) is 10.9 Å². The van der Waals surface area contributed by atoms with E-state index in [1.165, 1.54) is 27.9 Å². The van der Waals surface area contributed by atoms with Crippen LogP contribution in [0.3, 0.4) is 0 Å². The average Bonchev–Trinajstić information content (AvgIpc) is 2.92. The molecule has 25 heavy (non-hydrogen) atoms. The lowest BCUT2D eigenvalue weighted by atomic mass is 9.92. The standard InChI is InChI=1S/C19H27N3OS.ClH/c1-3-21(4-2)17(23)13-22-16-8-6-5-7-15(16)18-14(9-11-20)10-12-24-19(18)22;/h5-8,14H,3-4,9-13,20H2,1-2H3;1H. The summed E-state index contributed by atoms with van der Waals surface area (Å²) in [5.74, 6) is 1.82. The number of nitrogens with two attached hydrogens (primary N) is 1. The van der Waals surface area contributed by atoms with Crippen LogP contribution in [-0.2, 0) is 11.3 Å². The molecule has 0 aliphatic carbocycles. The maximum atomic E-state index is 12.7. The second kappa shape index (κ2) is 8.97. The smallest absolute Gasteiger partial charge is 0.242 e. The molecule has 1 unspecified atom stereocenters. The second-order valence-electron chi connectivity index (χ2n) is 6.30. The van der Waals surface area contributed by atoms with Crippen LogP contribution in [0.15, 0.2) is 29.3 Å². The van der Waals surface area contributed by atoms with Gasteiger partial charge in [-0.2, -0.15) is 0 Å². The zero-order chi connectivity index (χ0) is 17.1. The number of carbonyl (C=O) groups excluding carboxylic acids is 1. The summed E-state index contributed by atoms with van der Waals surface area (Å²) in [6.07, 6.45) is 2.19. The molecule has 0 saturated heterocycles. The van der Waals surface area contributed by atoms with Crippen molar-refractivity contribution in [3.8, 4) is 0 Å². The van der Waals surface area contributed by atoms with Crippen LogP contribution in [-0.4, -0.2) is 40.8 Å². The minimum Gasteiger partial charge on any atom is -0.342 e. The molecular weight excluding hydrogens is 354 g/mol. The van der Waals surface area contributed by atoms with Gasteiger partial charge in [0.2, 0.25) is 5.91 Å². The van der Waals surface area contributed by atoms with Crippen molar-refractivity contribution in [2.75, 3.05) is 25.4 Å². The Bertz CT molecular complexity index is 727. The van der Waals surface area contributed by atoms with Crippen LogP contribution in [0.4, 0.5) is 0 Å². The number of para-hydroxylation sites is 1. The molecule has 2 heterocycles. The third-order valence-corrected chi connectivity index (χ3v) is 6.15. The van der Waals surface area contributed by atoms with E-state index in [1.54, 1.807) is 0 Å². The molecule has 1 amide bonds. The predicted octanol–water partition coefficient (Wildman–Crippen LogP) is 3.86. The lowest BCUT2D eigenvalue weighted by Crippen LogP contribution is -2.33. The zero-order valence-corrected chi connectivity index (χ0v) is 16.7. The Hall–Kier alpha value is -1.17. The van der Waals surface area contributed by atoms with Crippen LogP contribution in [0.5, 0.6) is 0 Å². The minimum atomic E-state index is 0. The van der Waals surface area contributed by atoms with Crippen LogP contribution in [0.1, 0.15) is 38.2 Å². The summed E-state index contributed by atoms with van der Waals surface area (Å²) in [6, 6.07) is 8.50. The highest BCUT2D eigenvalue weighted by Gasteiger charge is 2.28. The maximum Gasteiger partial charge on any atom is 0.242 e. The van der Waals surface area contributed by atoms with Crippen LogP contribution in [0.2, 0.25) is 0 Å². The van der Waals surface area contributed by atoms with Gasteiger partial charge in [0.1, 0.15) is 6.54 Å². The topological polar surface area (TPSA) is 51.3 Å². The Labute approximate surface area is 160 Å². The van der Waals surface area contributed by atoms with E-state index in [4.69, 9.17) is 5.73 Å².